The number of amides is 2. The van der Waals surface area contributed by atoms with E-state index in [9.17, 15) is 9.90 Å². The minimum atomic E-state index is -0.498. The van der Waals surface area contributed by atoms with Crippen LogP contribution in [0.4, 0.5) is 10.5 Å². The van der Waals surface area contributed by atoms with Gasteiger partial charge in [-0.3, -0.25) is 0 Å². The monoisotopic (exact) mass is 264 g/mol. The first-order valence-corrected chi connectivity index (χ1v) is 6.58. The van der Waals surface area contributed by atoms with Gasteiger partial charge in [0.15, 0.2) is 0 Å². The first-order valence-electron chi connectivity index (χ1n) is 6.58. The first kappa shape index (κ1) is 13.8. The fourth-order valence-corrected chi connectivity index (χ4v) is 2.05. The molecule has 3 N–H and O–H groups in total. The van der Waals surface area contributed by atoms with Crippen LogP contribution in [-0.4, -0.2) is 30.4 Å². The van der Waals surface area contributed by atoms with Crippen LogP contribution in [0.3, 0.4) is 0 Å². The molecule has 104 valence electrons. The van der Waals surface area contributed by atoms with Gasteiger partial charge in [-0.15, -0.1) is 0 Å². The van der Waals surface area contributed by atoms with Crippen LogP contribution >= 0.6 is 0 Å². The highest BCUT2D eigenvalue weighted by atomic mass is 16.5. The van der Waals surface area contributed by atoms with Crippen LogP contribution in [0, 0.1) is 0 Å². The molecule has 1 aliphatic rings. The zero-order valence-electron chi connectivity index (χ0n) is 11.1. The third-order valence-corrected chi connectivity index (χ3v) is 3.15. The van der Waals surface area contributed by atoms with Crippen molar-refractivity contribution in [1.82, 2.24) is 5.32 Å². The molecular weight excluding hydrogens is 244 g/mol. The fraction of sp³-hybridized carbons (Fsp3) is 0.500. The number of carbonyl (C=O) groups is 1. The Morgan fingerprint density at radius 3 is 2.74 bits per heavy atom. The number of hydrogen-bond donors (Lipinski definition) is 3. The Hall–Kier alpha value is -1.59. The normalized spacial score (nSPS) is 20.6. The van der Waals surface area contributed by atoms with Crippen molar-refractivity contribution in [2.45, 2.75) is 31.9 Å². The van der Waals surface area contributed by atoms with Gasteiger partial charge in [0.2, 0.25) is 0 Å². The number of anilines is 1. The number of ether oxygens (including phenoxy) is 1. The molecule has 0 aromatic heterocycles. The summed E-state index contributed by atoms with van der Waals surface area (Å²) in [4.78, 5) is 11.8. The lowest BCUT2D eigenvalue weighted by Gasteiger charge is -2.23. The maximum Gasteiger partial charge on any atom is 0.319 e. The van der Waals surface area contributed by atoms with E-state index in [0.29, 0.717) is 12.3 Å². The van der Waals surface area contributed by atoms with Gasteiger partial charge in [-0.25, -0.2) is 4.79 Å². The molecule has 1 heterocycles. The van der Waals surface area contributed by atoms with E-state index in [1.165, 1.54) is 0 Å². The van der Waals surface area contributed by atoms with Crippen LogP contribution in [0.15, 0.2) is 24.3 Å². The van der Waals surface area contributed by atoms with Crippen LogP contribution in [0.1, 0.15) is 31.4 Å². The van der Waals surface area contributed by atoms with Gasteiger partial charge < -0.3 is 20.5 Å². The molecule has 5 nitrogen and oxygen atoms in total. The van der Waals surface area contributed by atoms with E-state index in [4.69, 9.17) is 4.74 Å². The molecule has 0 radical (unpaired) electrons. The maximum atomic E-state index is 11.8. The molecule has 1 aromatic carbocycles. The zero-order valence-corrected chi connectivity index (χ0v) is 11.1. The molecule has 1 aromatic rings. The third kappa shape index (κ3) is 4.22. The molecule has 1 saturated heterocycles. The Morgan fingerprint density at radius 1 is 1.42 bits per heavy atom. The summed E-state index contributed by atoms with van der Waals surface area (Å²) in [5, 5.41) is 15.0. The van der Waals surface area contributed by atoms with Crippen LogP contribution in [0.25, 0.3) is 0 Å². The van der Waals surface area contributed by atoms with Crippen LogP contribution < -0.4 is 10.6 Å². The van der Waals surface area contributed by atoms with E-state index in [-0.39, 0.29) is 12.1 Å². The minimum Gasteiger partial charge on any atom is -0.389 e. The number of hydrogen-bond acceptors (Lipinski definition) is 3. The lowest BCUT2D eigenvalue weighted by molar-refractivity contribution is 0.0739. The standard InChI is InChI=1S/C14H20N2O3/c1-10(17)11-4-6-12(7-5-11)15-14(18)16-13-3-2-8-19-9-13/h4-7,10,13,17H,2-3,8-9H2,1H3,(H2,15,16,18). The topological polar surface area (TPSA) is 70.6 Å². The molecule has 0 saturated carbocycles. The average molecular weight is 264 g/mol. The van der Waals surface area contributed by atoms with Gasteiger partial charge in [0.05, 0.1) is 18.8 Å². The summed E-state index contributed by atoms with van der Waals surface area (Å²) in [5.41, 5.74) is 1.53. The van der Waals surface area contributed by atoms with Crippen molar-refractivity contribution in [1.29, 1.82) is 0 Å². The molecule has 2 atom stereocenters. The fourth-order valence-electron chi connectivity index (χ4n) is 2.05. The highest BCUT2D eigenvalue weighted by Gasteiger charge is 2.16. The summed E-state index contributed by atoms with van der Waals surface area (Å²) in [6, 6.07) is 7.01. The van der Waals surface area contributed by atoms with E-state index in [0.717, 1.165) is 25.0 Å². The number of benzene rings is 1. The van der Waals surface area contributed by atoms with Crippen LogP contribution in [0.5, 0.6) is 0 Å². The molecule has 5 heteroatoms. The highest BCUT2D eigenvalue weighted by molar-refractivity contribution is 5.89. The minimum absolute atomic E-state index is 0.0884. The van der Waals surface area contributed by atoms with Gasteiger partial charge >= 0.3 is 6.03 Å². The van der Waals surface area contributed by atoms with Crippen molar-refractivity contribution >= 4 is 11.7 Å². The molecule has 0 bridgehead atoms. The Morgan fingerprint density at radius 2 is 2.16 bits per heavy atom. The lowest BCUT2D eigenvalue weighted by atomic mass is 10.1. The van der Waals surface area contributed by atoms with E-state index in [1.54, 1.807) is 31.2 Å². The van der Waals surface area contributed by atoms with Gasteiger partial charge in [-0.2, -0.15) is 0 Å². The molecule has 0 aliphatic carbocycles. The number of aliphatic hydroxyl groups excluding tert-OH is 1. The second-order valence-electron chi connectivity index (χ2n) is 4.81. The van der Waals surface area contributed by atoms with E-state index < -0.39 is 6.10 Å². The van der Waals surface area contributed by atoms with E-state index in [1.807, 2.05) is 0 Å². The summed E-state index contributed by atoms with van der Waals surface area (Å²) < 4.78 is 5.30. The van der Waals surface area contributed by atoms with Crippen molar-refractivity contribution < 1.29 is 14.6 Å². The van der Waals surface area contributed by atoms with Gasteiger partial charge in [0, 0.05) is 12.3 Å². The van der Waals surface area contributed by atoms with Gasteiger partial charge in [-0.1, -0.05) is 12.1 Å². The predicted molar refractivity (Wildman–Crippen MR) is 73.1 cm³/mol. The Kier molecular flexibility index (Phi) is 4.76. The summed E-state index contributed by atoms with van der Waals surface area (Å²) in [5.74, 6) is 0. The van der Waals surface area contributed by atoms with Crippen LogP contribution in [-0.2, 0) is 4.74 Å². The van der Waals surface area contributed by atoms with Gasteiger partial charge in [0.1, 0.15) is 0 Å². The summed E-state index contributed by atoms with van der Waals surface area (Å²) in [7, 11) is 0. The average Bonchev–Trinajstić information content (AvgIpc) is 2.40. The van der Waals surface area contributed by atoms with Crippen LogP contribution in [0.2, 0.25) is 0 Å². The van der Waals surface area contributed by atoms with E-state index >= 15 is 0 Å². The lowest BCUT2D eigenvalue weighted by Crippen LogP contribution is -2.42. The first-order chi connectivity index (χ1) is 9.15. The second-order valence-corrected chi connectivity index (χ2v) is 4.81. The quantitative estimate of drug-likeness (QED) is 0.782. The number of urea groups is 1. The molecule has 2 unspecified atom stereocenters. The van der Waals surface area contributed by atoms with Gasteiger partial charge in [0.25, 0.3) is 0 Å². The van der Waals surface area contributed by atoms with Crippen molar-refractivity contribution in [3.8, 4) is 0 Å². The maximum absolute atomic E-state index is 11.8. The summed E-state index contributed by atoms with van der Waals surface area (Å²) in [6.07, 6.45) is 1.44. The molecule has 2 rings (SSSR count). The number of nitrogens with one attached hydrogen (secondary N) is 2. The SMILES string of the molecule is CC(O)c1ccc(NC(=O)NC2CCCOC2)cc1. The number of aliphatic hydroxyl groups is 1. The molecule has 1 aliphatic heterocycles. The number of carbonyl (C=O) groups excluding carboxylic acids is 1. The predicted octanol–water partition coefficient (Wildman–Crippen LogP) is 2.04. The van der Waals surface area contributed by atoms with E-state index in [2.05, 4.69) is 10.6 Å². The Balaban J connectivity index is 1.84. The smallest absolute Gasteiger partial charge is 0.319 e. The Labute approximate surface area is 113 Å². The summed E-state index contributed by atoms with van der Waals surface area (Å²) >= 11 is 0. The second kappa shape index (κ2) is 6.54. The largest absolute Gasteiger partial charge is 0.389 e. The molecular formula is C14H20N2O3. The molecule has 19 heavy (non-hydrogen) atoms. The Bertz CT molecular complexity index is 411. The number of rotatable bonds is 3. The van der Waals surface area contributed by atoms with Crippen molar-refractivity contribution in [3.05, 3.63) is 29.8 Å². The van der Waals surface area contributed by atoms with Crippen molar-refractivity contribution in [3.63, 3.8) is 0 Å². The third-order valence-electron chi connectivity index (χ3n) is 3.15. The van der Waals surface area contributed by atoms with Gasteiger partial charge in [-0.05, 0) is 37.5 Å². The van der Waals surface area contributed by atoms with Crippen molar-refractivity contribution in [2.75, 3.05) is 18.5 Å². The summed E-state index contributed by atoms with van der Waals surface area (Å²) in [6.45, 7) is 3.06. The van der Waals surface area contributed by atoms with Crippen molar-refractivity contribution in [2.24, 2.45) is 0 Å². The molecule has 0 spiro atoms. The molecule has 2 amide bonds. The zero-order chi connectivity index (χ0) is 13.7. The molecule has 1 fully saturated rings. The highest BCUT2D eigenvalue weighted by Crippen LogP contribution is 2.15.